The fourth-order valence-corrected chi connectivity index (χ4v) is 3.49. The van der Waals surface area contributed by atoms with Crippen LogP contribution in [-0.4, -0.2) is 22.2 Å². The van der Waals surface area contributed by atoms with Gasteiger partial charge in [0.25, 0.3) is 0 Å². The largest absolute Gasteiger partial charge is 0.481 e. The average molecular weight is 312 g/mol. The van der Waals surface area contributed by atoms with E-state index in [0.29, 0.717) is 12.8 Å². The summed E-state index contributed by atoms with van der Waals surface area (Å²) in [5.41, 5.74) is -1.63. The summed E-state index contributed by atoms with van der Waals surface area (Å²) in [5, 5.41) is 18.7. The number of carboxylic acid groups (broad SMARTS) is 2. The summed E-state index contributed by atoms with van der Waals surface area (Å²) < 4.78 is 0. The van der Waals surface area contributed by atoms with Gasteiger partial charge in [0.15, 0.2) is 0 Å². The van der Waals surface area contributed by atoms with Gasteiger partial charge in [0.1, 0.15) is 0 Å². The smallest absolute Gasteiger partial charge is 0.309 e. The zero-order valence-electron chi connectivity index (χ0n) is 15.3. The molecule has 0 aliphatic heterocycles. The van der Waals surface area contributed by atoms with E-state index in [9.17, 15) is 19.8 Å². The van der Waals surface area contributed by atoms with Crippen LogP contribution in [0.25, 0.3) is 0 Å². The van der Waals surface area contributed by atoms with Crippen molar-refractivity contribution in [2.45, 2.75) is 68.2 Å². The van der Waals surface area contributed by atoms with Crippen molar-refractivity contribution < 1.29 is 19.8 Å². The topological polar surface area (TPSA) is 74.6 Å². The predicted octanol–water partition coefficient (Wildman–Crippen LogP) is 4.60. The van der Waals surface area contributed by atoms with E-state index in [0.717, 1.165) is 5.57 Å². The Bertz CT molecular complexity index is 425. The molecule has 0 rings (SSSR count). The Morgan fingerprint density at radius 1 is 0.682 bits per heavy atom. The Kier molecular flexibility index (Phi) is 5.69. The number of rotatable bonds is 8. The second-order valence-corrected chi connectivity index (χ2v) is 8.98. The van der Waals surface area contributed by atoms with Crippen LogP contribution in [0.3, 0.4) is 0 Å². The first kappa shape index (κ1) is 20.7. The molecule has 128 valence electrons. The fourth-order valence-electron chi connectivity index (χ4n) is 3.49. The van der Waals surface area contributed by atoms with Gasteiger partial charge >= 0.3 is 11.9 Å². The third kappa shape index (κ3) is 4.85. The number of hydrogen-bond acceptors (Lipinski definition) is 2. The first-order valence-electron chi connectivity index (χ1n) is 7.62. The van der Waals surface area contributed by atoms with Gasteiger partial charge in [0.2, 0.25) is 0 Å². The molecule has 2 N–H and O–H groups in total. The highest BCUT2D eigenvalue weighted by molar-refractivity contribution is 5.74. The van der Waals surface area contributed by atoms with E-state index < -0.39 is 33.6 Å². The van der Waals surface area contributed by atoms with E-state index in [-0.39, 0.29) is 0 Å². The third-order valence-corrected chi connectivity index (χ3v) is 4.56. The quantitative estimate of drug-likeness (QED) is 0.642. The lowest BCUT2D eigenvalue weighted by molar-refractivity contribution is -0.148. The number of carboxylic acids is 2. The molecule has 0 atom stereocenters. The van der Waals surface area contributed by atoms with Crippen LogP contribution in [0.2, 0.25) is 0 Å². The summed E-state index contributed by atoms with van der Waals surface area (Å²) in [5.74, 6) is -1.67. The molecule has 0 heterocycles. The molecular formula is C18H32O4. The van der Waals surface area contributed by atoms with E-state index in [1.807, 2.05) is 27.7 Å². The van der Waals surface area contributed by atoms with Crippen LogP contribution in [-0.2, 0) is 9.59 Å². The Hall–Kier alpha value is -1.32. The molecule has 0 unspecified atom stereocenters. The standard InChI is InChI=1S/C18H32O4/c1-12(15(2,3)10-17(6,7)13(19)20)16(4,5)11-18(8,9)14(21)22/h1,10-11H2,2-9H3,(H,19,20)(H,21,22). The van der Waals surface area contributed by atoms with Crippen LogP contribution in [0.4, 0.5) is 0 Å². The third-order valence-electron chi connectivity index (χ3n) is 4.56. The number of carbonyl (C=O) groups is 2. The zero-order valence-corrected chi connectivity index (χ0v) is 15.3. The summed E-state index contributed by atoms with van der Waals surface area (Å²) >= 11 is 0. The molecule has 0 aromatic heterocycles. The minimum atomic E-state index is -0.856. The predicted molar refractivity (Wildman–Crippen MR) is 88.8 cm³/mol. The summed E-state index contributed by atoms with van der Waals surface area (Å²) in [4.78, 5) is 22.8. The molecule has 0 aliphatic rings. The molecule has 0 fully saturated rings. The van der Waals surface area contributed by atoms with Gasteiger partial charge in [-0.05, 0) is 51.4 Å². The van der Waals surface area contributed by atoms with Crippen molar-refractivity contribution in [1.29, 1.82) is 0 Å². The van der Waals surface area contributed by atoms with Crippen LogP contribution in [0, 0.1) is 21.7 Å². The van der Waals surface area contributed by atoms with Gasteiger partial charge in [0, 0.05) is 0 Å². The van der Waals surface area contributed by atoms with Crippen LogP contribution in [0.1, 0.15) is 68.2 Å². The maximum Gasteiger partial charge on any atom is 0.309 e. The highest BCUT2D eigenvalue weighted by atomic mass is 16.4. The number of allylic oxidation sites excluding steroid dienone is 1. The highest BCUT2D eigenvalue weighted by Gasteiger charge is 2.43. The first-order chi connectivity index (χ1) is 9.46. The first-order valence-corrected chi connectivity index (χ1v) is 7.62. The van der Waals surface area contributed by atoms with Gasteiger partial charge in [-0.2, -0.15) is 0 Å². The number of aliphatic carboxylic acids is 2. The lowest BCUT2D eigenvalue weighted by Crippen LogP contribution is -2.38. The Morgan fingerprint density at radius 2 is 0.909 bits per heavy atom. The van der Waals surface area contributed by atoms with Gasteiger partial charge in [-0.3, -0.25) is 9.59 Å². The minimum absolute atomic E-state index is 0.403. The van der Waals surface area contributed by atoms with E-state index in [2.05, 4.69) is 6.58 Å². The van der Waals surface area contributed by atoms with Crippen molar-refractivity contribution in [2.24, 2.45) is 21.7 Å². The summed E-state index contributed by atoms with van der Waals surface area (Å²) in [7, 11) is 0. The number of hydrogen-bond donors (Lipinski definition) is 2. The molecule has 0 aromatic rings. The molecule has 0 saturated heterocycles. The van der Waals surface area contributed by atoms with Crippen molar-refractivity contribution >= 4 is 11.9 Å². The van der Waals surface area contributed by atoms with Crippen molar-refractivity contribution in [3.8, 4) is 0 Å². The second-order valence-electron chi connectivity index (χ2n) is 8.98. The molecule has 4 nitrogen and oxygen atoms in total. The normalized spacial score (nSPS) is 13.8. The van der Waals surface area contributed by atoms with Crippen molar-refractivity contribution in [2.75, 3.05) is 0 Å². The van der Waals surface area contributed by atoms with Crippen LogP contribution < -0.4 is 0 Å². The Morgan fingerprint density at radius 3 is 1.09 bits per heavy atom. The maximum atomic E-state index is 11.4. The Balaban J connectivity index is 5.37. The van der Waals surface area contributed by atoms with Crippen LogP contribution >= 0.6 is 0 Å². The molecule has 0 saturated carbocycles. The molecule has 0 aliphatic carbocycles. The highest BCUT2D eigenvalue weighted by Crippen LogP contribution is 2.49. The lowest BCUT2D eigenvalue weighted by Gasteiger charge is -2.43. The summed E-state index contributed by atoms with van der Waals surface area (Å²) in [6.45, 7) is 19.0. The van der Waals surface area contributed by atoms with Gasteiger partial charge in [-0.25, -0.2) is 0 Å². The van der Waals surface area contributed by atoms with E-state index in [1.54, 1.807) is 27.7 Å². The maximum absolute atomic E-state index is 11.4. The molecule has 4 heteroatoms. The van der Waals surface area contributed by atoms with Crippen molar-refractivity contribution in [1.82, 2.24) is 0 Å². The summed E-state index contributed by atoms with van der Waals surface area (Å²) in [6, 6.07) is 0. The lowest BCUT2D eigenvalue weighted by atomic mass is 9.61. The van der Waals surface area contributed by atoms with Crippen molar-refractivity contribution in [3.63, 3.8) is 0 Å². The van der Waals surface area contributed by atoms with Crippen LogP contribution in [0.15, 0.2) is 12.2 Å². The molecule has 0 aromatic carbocycles. The molecule has 22 heavy (non-hydrogen) atoms. The molecule has 0 radical (unpaired) electrons. The molecule has 0 bridgehead atoms. The summed E-state index contributed by atoms with van der Waals surface area (Å²) in [6.07, 6.45) is 0.899. The van der Waals surface area contributed by atoms with Gasteiger partial charge in [-0.15, -0.1) is 0 Å². The Labute approximate surface area is 134 Å². The molecule has 0 spiro atoms. The second kappa shape index (κ2) is 6.05. The van der Waals surface area contributed by atoms with Gasteiger partial charge in [0.05, 0.1) is 10.8 Å². The van der Waals surface area contributed by atoms with Crippen molar-refractivity contribution in [3.05, 3.63) is 12.2 Å². The van der Waals surface area contributed by atoms with E-state index in [1.165, 1.54) is 0 Å². The molecule has 0 amide bonds. The fraction of sp³-hybridized carbons (Fsp3) is 0.778. The SMILES string of the molecule is C=C(C(C)(C)CC(C)(C)C(=O)O)C(C)(C)CC(C)(C)C(=O)O. The van der Waals surface area contributed by atoms with Gasteiger partial charge in [-0.1, -0.05) is 39.8 Å². The zero-order chi connectivity index (χ0) is 18.1. The minimum Gasteiger partial charge on any atom is -0.481 e. The van der Waals surface area contributed by atoms with Crippen LogP contribution in [0.5, 0.6) is 0 Å². The molecular weight excluding hydrogens is 280 g/mol. The average Bonchev–Trinajstić information content (AvgIpc) is 2.24. The van der Waals surface area contributed by atoms with E-state index >= 15 is 0 Å². The monoisotopic (exact) mass is 312 g/mol. The van der Waals surface area contributed by atoms with Gasteiger partial charge < -0.3 is 10.2 Å². The van der Waals surface area contributed by atoms with E-state index in [4.69, 9.17) is 0 Å².